The molecule has 192 valence electrons. The van der Waals surface area contributed by atoms with Crippen LogP contribution in [-0.4, -0.2) is 39.4 Å². The molecule has 12 heteroatoms. The van der Waals surface area contributed by atoms with Crippen molar-refractivity contribution in [2.24, 2.45) is 7.05 Å². The van der Waals surface area contributed by atoms with Crippen molar-refractivity contribution in [2.45, 2.75) is 26.3 Å². The van der Waals surface area contributed by atoms with Crippen LogP contribution < -0.4 is 10.3 Å². The highest BCUT2D eigenvalue weighted by Gasteiger charge is 2.17. The Bertz CT molecular complexity index is 1690. The zero-order valence-electron chi connectivity index (χ0n) is 19.8. The number of nitrogens with zero attached hydrogens (tertiary/aromatic N) is 4. The Hall–Kier alpha value is -3.74. The highest BCUT2D eigenvalue weighted by Crippen LogP contribution is 2.29. The molecule has 0 saturated heterocycles. The van der Waals surface area contributed by atoms with Crippen LogP contribution in [0.2, 0.25) is 0 Å². The van der Waals surface area contributed by atoms with Gasteiger partial charge in [0.2, 0.25) is 0 Å². The summed E-state index contributed by atoms with van der Waals surface area (Å²) in [4.78, 5) is 24.9. The van der Waals surface area contributed by atoms with E-state index in [4.69, 9.17) is 4.98 Å². The van der Waals surface area contributed by atoms with Crippen LogP contribution in [0.5, 0.6) is 0 Å². The minimum Gasteiger partial charge on any atom is -0.760 e. The molecule has 0 bridgehead atoms. The number of hydrogen-bond acceptors (Lipinski definition) is 5. The number of rotatable bonds is 9. The second-order valence-electron chi connectivity index (χ2n) is 8.69. The number of aromatic amines is 1. The van der Waals surface area contributed by atoms with Gasteiger partial charge in [0.1, 0.15) is 24.4 Å². The fourth-order valence-corrected chi connectivity index (χ4v) is 4.78. The summed E-state index contributed by atoms with van der Waals surface area (Å²) in [5.74, 6) is 0. The molecule has 4 heterocycles. The van der Waals surface area contributed by atoms with Gasteiger partial charge in [-0.1, -0.05) is 18.2 Å². The molecule has 0 aliphatic rings. The summed E-state index contributed by atoms with van der Waals surface area (Å²) in [5.41, 5.74) is 4.89. The van der Waals surface area contributed by atoms with Crippen molar-refractivity contribution in [1.82, 2.24) is 28.8 Å². The van der Waals surface area contributed by atoms with E-state index in [0.717, 1.165) is 5.56 Å². The van der Waals surface area contributed by atoms with Crippen LogP contribution in [0, 0.1) is 0 Å². The fraction of sp³-hybridized carbons (Fsp3) is 0.240. The molecule has 0 radical (unpaired) electrons. The van der Waals surface area contributed by atoms with Gasteiger partial charge in [0.05, 0.1) is 18.6 Å². The van der Waals surface area contributed by atoms with Gasteiger partial charge in [0, 0.05) is 48.2 Å². The monoisotopic (exact) mass is 525 g/mol. The van der Waals surface area contributed by atoms with Crippen LogP contribution in [0.25, 0.3) is 33.3 Å². The molecule has 4 aromatic heterocycles. The van der Waals surface area contributed by atoms with Crippen LogP contribution in [0.3, 0.4) is 0 Å². The largest absolute Gasteiger partial charge is 0.760 e. The topological polar surface area (TPSA) is 121 Å². The van der Waals surface area contributed by atoms with Crippen molar-refractivity contribution < 1.29 is 17.5 Å². The van der Waals surface area contributed by atoms with E-state index in [1.807, 2.05) is 6.07 Å². The summed E-state index contributed by atoms with van der Waals surface area (Å²) in [6.07, 6.45) is 5.34. The van der Waals surface area contributed by atoms with Gasteiger partial charge in [-0.3, -0.25) is 9.00 Å². The van der Waals surface area contributed by atoms with E-state index in [1.54, 1.807) is 48.5 Å². The summed E-state index contributed by atoms with van der Waals surface area (Å²) in [6, 6.07) is 8.48. The lowest BCUT2D eigenvalue weighted by molar-refractivity contribution is 0.472. The number of hydrogen-bond donors (Lipinski definition) is 2. The maximum absolute atomic E-state index is 13.7. The number of benzene rings is 1. The Morgan fingerprint density at radius 2 is 1.97 bits per heavy atom. The minimum absolute atomic E-state index is 0.158. The first kappa shape index (κ1) is 24.9. The molecule has 1 atom stereocenters. The van der Waals surface area contributed by atoms with Gasteiger partial charge in [0.15, 0.2) is 5.65 Å². The Balaban J connectivity index is 1.66. The molecule has 0 fully saturated rings. The Labute approximate surface area is 212 Å². The number of pyridine rings is 2. The second-order valence-corrected chi connectivity index (χ2v) is 9.44. The van der Waals surface area contributed by atoms with Gasteiger partial charge in [-0.2, -0.15) is 0 Å². The zero-order chi connectivity index (χ0) is 26.1. The van der Waals surface area contributed by atoms with E-state index >= 15 is 0 Å². The molecule has 1 unspecified atom stereocenters. The van der Waals surface area contributed by atoms with Crippen LogP contribution in [0.1, 0.15) is 22.3 Å². The third-order valence-electron chi connectivity index (χ3n) is 6.35. The van der Waals surface area contributed by atoms with Crippen LogP contribution in [-0.2, 0) is 44.6 Å². The number of imidazole rings is 1. The Morgan fingerprint density at radius 3 is 2.73 bits per heavy atom. The summed E-state index contributed by atoms with van der Waals surface area (Å²) in [6.45, 7) is -0.995. The number of aromatic nitrogens is 5. The normalized spacial score (nSPS) is 12.5. The molecule has 9 nitrogen and oxygen atoms in total. The predicted molar refractivity (Wildman–Crippen MR) is 136 cm³/mol. The van der Waals surface area contributed by atoms with E-state index < -0.39 is 24.6 Å². The van der Waals surface area contributed by atoms with E-state index in [0.29, 0.717) is 56.4 Å². The standard InChI is InChI=1S/C25H24F2N6O3S/c1-32-13-20(19-5-6-28-23(19)25(32)34)21-9-16(4-7-30-37(35)36)22-24(31-21)33(14-29-22)12-17-3-2-15(10-26)8-18(17)11-27/h2-3,5-6,8-9,13-14,28,30H,4,7,10-12H2,1H3,(H,35,36)/p-1. The third kappa shape index (κ3) is 4.82. The lowest BCUT2D eigenvalue weighted by atomic mass is 10.0. The highest BCUT2D eigenvalue weighted by atomic mass is 32.2. The number of aryl methyl sites for hydroxylation is 1. The van der Waals surface area contributed by atoms with Gasteiger partial charge in [-0.05, 0) is 40.8 Å². The zero-order valence-corrected chi connectivity index (χ0v) is 20.6. The predicted octanol–water partition coefficient (Wildman–Crippen LogP) is 3.19. The summed E-state index contributed by atoms with van der Waals surface area (Å²) in [7, 11) is 1.66. The number of alkyl halides is 2. The van der Waals surface area contributed by atoms with Crippen molar-refractivity contribution in [3.63, 3.8) is 0 Å². The number of H-pyrrole nitrogens is 1. The molecule has 5 rings (SSSR count). The van der Waals surface area contributed by atoms with Crippen molar-refractivity contribution in [2.75, 3.05) is 6.54 Å². The van der Waals surface area contributed by atoms with Gasteiger partial charge >= 0.3 is 0 Å². The quantitative estimate of drug-likeness (QED) is 0.287. The maximum Gasteiger partial charge on any atom is 0.274 e. The van der Waals surface area contributed by atoms with Crippen LogP contribution in [0.4, 0.5) is 8.78 Å². The number of fused-ring (bicyclic) bond motifs is 2. The Kier molecular flexibility index (Phi) is 6.96. The van der Waals surface area contributed by atoms with Crippen molar-refractivity contribution in [3.05, 3.63) is 81.7 Å². The molecule has 0 saturated carbocycles. The minimum atomic E-state index is -2.41. The lowest BCUT2D eigenvalue weighted by Gasteiger charge is -2.13. The molecule has 1 aromatic carbocycles. The molecule has 0 aliphatic heterocycles. The van der Waals surface area contributed by atoms with Gasteiger partial charge < -0.3 is 18.7 Å². The van der Waals surface area contributed by atoms with Crippen molar-refractivity contribution in [1.29, 1.82) is 0 Å². The van der Waals surface area contributed by atoms with Crippen molar-refractivity contribution in [3.8, 4) is 11.3 Å². The number of halogens is 2. The van der Waals surface area contributed by atoms with Gasteiger partial charge in [0.25, 0.3) is 5.56 Å². The molecular formula is C25H23F2N6O3S-. The van der Waals surface area contributed by atoms with Gasteiger partial charge in [-0.25, -0.2) is 23.5 Å². The first-order chi connectivity index (χ1) is 17.9. The smallest absolute Gasteiger partial charge is 0.274 e. The summed E-state index contributed by atoms with van der Waals surface area (Å²) >= 11 is -2.41. The summed E-state index contributed by atoms with van der Waals surface area (Å²) < 4.78 is 54.5. The second kappa shape index (κ2) is 10.3. The van der Waals surface area contributed by atoms with E-state index in [2.05, 4.69) is 14.7 Å². The van der Waals surface area contributed by atoms with Crippen LogP contribution in [0.15, 0.2) is 53.8 Å². The maximum atomic E-state index is 13.7. The first-order valence-corrected chi connectivity index (χ1v) is 12.5. The molecular weight excluding hydrogens is 502 g/mol. The molecule has 0 amide bonds. The SMILES string of the molecule is Cn1cc(-c2cc(CCNS(=O)[O-])c3ncn(Cc4ccc(CF)cc4CF)c3n2)c2cc[nH]c2c1=O. The Morgan fingerprint density at radius 1 is 1.14 bits per heavy atom. The van der Waals surface area contributed by atoms with E-state index in [-0.39, 0.29) is 18.6 Å². The average Bonchev–Trinajstić information content (AvgIpc) is 3.54. The van der Waals surface area contributed by atoms with E-state index in [9.17, 15) is 22.3 Å². The fourth-order valence-electron chi connectivity index (χ4n) is 4.51. The van der Waals surface area contributed by atoms with E-state index in [1.165, 1.54) is 10.6 Å². The highest BCUT2D eigenvalue weighted by molar-refractivity contribution is 7.77. The van der Waals surface area contributed by atoms with Crippen LogP contribution >= 0.6 is 0 Å². The molecule has 5 aromatic rings. The van der Waals surface area contributed by atoms with Gasteiger partial charge in [-0.15, -0.1) is 0 Å². The molecule has 0 spiro atoms. The third-order valence-corrected chi connectivity index (χ3v) is 6.79. The first-order valence-electron chi connectivity index (χ1n) is 11.5. The molecule has 0 aliphatic carbocycles. The summed E-state index contributed by atoms with van der Waals surface area (Å²) in [5, 5.41) is 0.701. The average molecular weight is 526 g/mol. The number of nitrogens with one attached hydrogen (secondary N) is 2. The molecule has 37 heavy (non-hydrogen) atoms. The van der Waals surface area contributed by atoms with Crippen molar-refractivity contribution >= 4 is 33.3 Å². The molecule has 2 N–H and O–H groups in total. The lowest BCUT2D eigenvalue weighted by Crippen LogP contribution is -2.19.